The highest BCUT2D eigenvalue weighted by molar-refractivity contribution is 5.97. The molecule has 0 radical (unpaired) electrons. The Bertz CT molecular complexity index is 889. The van der Waals surface area contributed by atoms with Gasteiger partial charge in [-0.05, 0) is 44.9 Å². The number of carbonyl (C=O) groups excluding carboxylic acids is 1. The predicted octanol–water partition coefficient (Wildman–Crippen LogP) is 3.57. The van der Waals surface area contributed by atoms with Gasteiger partial charge in [-0.3, -0.25) is 9.59 Å². The molecule has 2 aromatic rings. The Hall–Kier alpha value is -2.58. The first-order chi connectivity index (χ1) is 12.6. The number of carboxylic acids is 1. The van der Waals surface area contributed by atoms with Gasteiger partial charge >= 0.3 is 12.1 Å². The lowest BCUT2D eigenvalue weighted by Gasteiger charge is -2.30. The number of halogens is 3. The fourth-order valence-corrected chi connectivity index (χ4v) is 3.50. The summed E-state index contributed by atoms with van der Waals surface area (Å²) in [6, 6.07) is 3.82. The summed E-state index contributed by atoms with van der Waals surface area (Å²) in [5, 5.41) is 9.15. The van der Waals surface area contributed by atoms with Crippen molar-refractivity contribution in [2.24, 2.45) is 5.92 Å². The van der Waals surface area contributed by atoms with Crippen LogP contribution in [0.5, 0.6) is 0 Å². The molecule has 27 heavy (non-hydrogen) atoms. The van der Waals surface area contributed by atoms with Gasteiger partial charge in [-0.15, -0.1) is 0 Å². The monoisotopic (exact) mass is 383 g/mol. The molecule has 9 heteroatoms. The van der Waals surface area contributed by atoms with Gasteiger partial charge in [0, 0.05) is 24.7 Å². The average Bonchev–Trinajstić information content (AvgIpc) is 3.00. The lowest BCUT2D eigenvalue weighted by atomic mass is 9.97. The maximum atomic E-state index is 13.3. The van der Waals surface area contributed by atoms with Crippen LogP contribution in [0.4, 0.5) is 13.2 Å². The van der Waals surface area contributed by atoms with Crippen LogP contribution in [0, 0.1) is 5.92 Å². The Kier molecular flexibility index (Phi) is 4.88. The number of hydrogen-bond acceptors (Lipinski definition) is 3. The zero-order chi connectivity index (χ0) is 19.9. The third kappa shape index (κ3) is 3.63. The van der Waals surface area contributed by atoms with E-state index in [1.54, 1.807) is 13.8 Å². The predicted molar refractivity (Wildman–Crippen MR) is 91.4 cm³/mol. The van der Waals surface area contributed by atoms with Crippen molar-refractivity contribution in [1.82, 2.24) is 14.5 Å². The van der Waals surface area contributed by atoms with Gasteiger partial charge in [0.05, 0.1) is 17.0 Å². The normalized spacial score (nSPS) is 18.3. The summed E-state index contributed by atoms with van der Waals surface area (Å²) in [4.78, 5) is 29.0. The zero-order valence-corrected chi connectivity index (χ0v) is 15.0. The van der Waals surface area contributed by atoms with Crippen molar-refractivity contribution in [2.75, 3.05) is 13.1 Å². The molecule has 1 saturated heterocycles. The van der Waals surface area contributed by atoms with Crippen LogP contribution < -0.4 is 0 Å². The molecule has 0 unspecified atom stereocenters. The minimum atomic E-state index is -4.60. The molecule has 0 saturated carbocycles. The van der Waals surface area contributed by atoms with E-state index in [9.17, 15) is 22.8 Å². The first kappa shape index (κ1) is 19.2. The van der Waals surface area contributed by atoms with Crippen LogP contribution in [-0.2, 0) is 11.0 Å². The molecule has 1 amide bonds. The Morgan fingerprint density at radius 3 is 2.59 bits per heavy atom. The summed E-state index contributed by atoms with van der Waals surface area (Å²) < 4.78 is 41.0. The second kappa shape index (κ2) is 6.86. The Balaban J connectivity index is 1.97. The van der Waals surface area contributed by atoms with Crippen LogP contribution >= 0.6 is 0 Å². The molecule has 3 rings (SSSR count). The summed E-state index contributed by atoms with van der Waals surface area (Å²) in [6.07, 6.45) is -3.52. The fourth-order valence-electron chi connectivity index (χ4n) is 3.50. The zero-order valence-electron chi connectivity index (χ0n) is 15.0. The van der Waals surface area contributed by atoms with Crippen molar-refractivity contribution in [2.45, 2.75) is 38.9 Å². The average molecular weight is 383 g/mol. The van der Waals surface area contributed by atoms with Gasteiger partial charge in [-0.2, -0.15) is 13.2 Å². The first-order valence-corrected chi connectivity index (χ1v) is 8.71. The number of fused-ring (bicyclic) bond motifs is 1. The van der Waals surface area contributed by atoms with Crippen LogP contribution in [0.25, 0.3) is 11.0 Å². The van der Waals surface area contributed by atoms with Crippen molar-refractivity contribution < 1.29 is 27.9 Å². The van der Waals surface area contributed by atoms with Crippen LogP contribution in [0.1, 0.15) is 48.9 Å². The van der Waals surface area contributed by atoms with E-state index in [0.29, 0.717) is 24.9 Å². The molecule has 1 atom stereocenters. The number of carbonyl (C=O) groups is 2. The molecule has 1 aromatic heterocycles. The second-order valence-electron chi connectivity index (χ2n) is 7.03. The standard InChI is InChI=1S/C18H20F3N3O3/c1-10(2)24-14-6-5-11(8-13(14)22-17(24)18(19,20)21)15(25)23-7-3-4-12(9-23)16(26)27/h5-6,8,10,12H,3-4,7,9H2,1-2H3,(H,26,27)/t12-/m0/s1. The van der Waals surface area contributed by atoms with Gasteiger partial charge in [0.15, 0.2) is 0 Å². The molecule has 0 spiro atoms. The molecular weight excluding hydrogens is 363 g/mol. The largest absolute Gasteiger partial charge is 0.481 e. The van der Waals surface area contributed by atoms with Gasteiger partial charge in [-0.25, -0.2) is 4.98 Å². The molecule has 1 aromatic carbocycles. The van der Waals surface area contributed by atoms with Gasteiger partial charge in [0.2, 0.25) is 5.82 Å². The SMILES string of the molecule is CC(C)n1c(C(F)(F)F)nc2cc(C(=O)N3CCC[C@H](C(=O)O)C3)ccc21. The van der Waals surface area contributed by atoms with E-state index in [-0.39, 0.29) is 17.6 Å². The summed E-state index contributed by atoms with van der Waals surface area (Å²) in [6.45, 7) is 3.79. The van der Waals surface area contributed by atoms with E-state index in [0.717, 1.165) is 4.57 Å². The highest BCUT2D eigenvalue weighted by Crippen LogP contribution is 2.34. The van der Waals surface area contributed by atoms with E-state index >= 15 is 0 Å². The highest BCUT2D eigenvalue weighted by atomic mass is 19.4. The second-order valence-corrected chi connectivity index (χ2v) is 7.03. The fraction of sp³-hybridized carbons (Fsp3) is 0.500. The van der Waals surface area contributed by atoms with Gasteiger partial charge in [0.1, 0.15) is 0 Å². The number of hydrogen-bond donors (Lipinski definition) is 1. The van der Waals surface area contributed by atoms with E-state index in [4.69, 9.17) is 5.11 Å². The third-order valence-corrected chi connectivity index (χ3v) is 4.76. The van der Waals surface area contributed by atoms with Crippen LogP contribution in [-0.4, -0.2) is 44.5 Å². The lowest BCUT2D eigenvalue weighted by molar-refractivity contribution is -0.147. The van der Waals surface area contributed by atoms with E-state index in [1.807, 2.05) is 0 Å². The van der Waals surface area contributed by atoms with E-state index < -0.39 is 35.8 Å². The minimum Gasteiger partial charge on any atom is -0.481 e. The molecule has 0 bridgehead atoms. The summed E-state index contributed by atoms with van der Waals surface area (Å²) in [5.41, 5.74) is 0.597. The lowest BCUT2D eigenvalue weighted by Crippen LogP contribution is -2.42. The third-order valence-electron chi connectivity index (χ3n) is 4.76. The number of aromatic nitrogens is 2. The van der Waals surface area contributed by atoms with Crippen molar-refractivity contribution in [1.29, 1.82) is 0 Å². The van der Waals surface area contributed by atoms with E-state index in [1.165, 1.54) is 23.1 Å². The van der Waals surface area contributed by atoms with Crippen molar-refractivity contribution in [3.63, 3.8) is 0 Å². The van der Waals surface area contributed by atoms with Crippen LogP contribution in [0.3, 0.4) is 0 Å². The topological polar surface area (TPSA) is 75.4 Å². The number of rotatable bonds is 3. The molecule has 6 nitrogen and oxygen atoms in total. The number of imidazole rings is 1. The molecule has 1 fully saturated rings. The number of aliphatic carboxylic acids is 1. The maximum Gasteiger partial charge on any atom is 0.449 e. The van der Waals surface area contributed by atoms with Gasteiger partial charge < -0.3 is 14.6 Å². The smallest absolute Gasteiger partial charge is 0.449 e. The van der Waals surface area contributed by atoms with Crippen molar-refractivity contribution >= 4 is 22.9 Å². The highest BCUT2D eigenvalue weighted by Gasteiger charge is 2.38. The van der Waals surface area contributed by atoms with Crippen molar-refractivity contribution in [3.05, 3.63) is 29.6 Å². The van der Waals surface area contributed by atoms with Gasteiger partial charge in [-0.1, -0.05) is 0 Å². The number of carboxylic acid groups (broad SMARTS) is 1. The Labute approximate surface area is 153 Å². The summed E-state index contributed by atoms with van der Waals surface area (Å²) in [7, 11) is 0. The first-order valence-electron chi connectivity index (χ1n) is 8.71. The molecule has 1 N–H and O–H groups in total. The summed E-state index contributed by atoms with van der Waals surface area (Å²) >= 11 is 0. The number of amides is 1. The minimum absolute atomic E-state index is 0.0914. The quantitative estimate of drug-likeness (QED) is 0.879. The number of likely N-dealkylation sites (tertiary alicyclic amines) is 1. The molecule has 1 aliphatic heterocycles. The molecule has 0 aliphatic carbocycles. The van der Waals surface area contributed by atoms with Crippen LogP contribution in [0.2, 0.25) is 0 Å². The number of nitrogens with zero attached hydrogens (tertiary/aromatic N) is 3. The maximum absolute atomic E-state index is 13.3. The van der Waals surface area contributed by atoms with Crippen LogP contribution in [0.15, 0.2) is 18.2 Å². The summed E-state index contributed by atoms with van der Waals surface area (Å²) in [5.74, 6) is -2.96. The molecular formula is C18H20F3N3O3. The number of benzene rings is 1. The molecule has 1 aliphatic rings. The van der Waals surface area contributed by atoms with Crippen molar-refractivity contribution in [3.8, 4) is 0 Å². The molecule has 2 heterocycles. The van der Waals surface area contributed by atoms with E-state index in [2.05, 4.69) is 4.98 Å². The Morgan fingerprint density at radius 2 is 2.00 bits per heavy atom. The number of alkyl halides is 3. The molecule has 146 valence electrons. The number of piperidine rings is 1. The Morgan fingerprint density at radius 1 is 1.30 bits per heavy atom. The van der Waals surface area contributed by atoms with Gasteiger partial charge in [0.25, 0.3) is 5.91 Å².